The number of likely N-dealkylation sites (N-methyl/N-ethyl adjacent to an activating group) is 1. The highest BCUT2D eigenvalue weighted by atomic mass is 35.5. The molecule has 100 valence electrons. The summed E-state index contributed by atoms with van der Waals surface area (Å²) in [6, 6.07) is 9.94. The third kappa shape index (κ3) is 3.69. The summed E-state index contributed by atoms with van der Waals surface area (Å²) in [7, 11) is 2.07. The fourth-order valence-corrected chi connectivity index (χ4v) is 2.25. The van der Waals surface area contributed by atoms with Gasteiger partial charge in [-0.25, -0.2) is 0 Å². The highest BCUT2D eigenvalue weighted by Gasteiger charge is 2.07. The first-order chi connectivity index (χ1) is 9.20. The van der Waals surface area contributed by atoms with Gasteiger partial charge in [0.1, 0.15) is 0 Å². The summed E-state index contributed by atoms with van der Waals surface area (Å²) in [4.78, 5) is 6.23. The van der Waals surface area contributed by atoms with E-state index < -0.39 is 0 Å². The van der Waals surface area contributed by atoms with Gasteiger partial charge in [0.25, 0.3) is 0 Å². The quantitative estimate of drug-likeness (QED) is 0.912. The van der Waals surface area contributed by atoms with Gasteiger partial charge in [0.15, 0.2) is 0 Å². The predicted molar refractivity (Wildman–Crippen MR) is 80.6 cm³/mol. The van der Waals surface area contributed by atoms with E-state index in [1.165, 1.54) is 5.56 Å². The monoisotopic (exact) mass is 275 g/mol. The van der Waals surface area contributed by atoms with Crippen LogP contribution in [0.4, 0.5) is 5.69 Å². The van der Waals surface area contributed by atoms with Crippen LogP contribution in [0.15, 0.2) is 42.7 Å². The second kappa shape index (κ2) is 6.55. The van der Waals surface area contributed by atoms with Crippen molar-refractivity contribution in [3.63, 3.8) is 0 Å². The molecule has 0 fully saturated rings. The molecule has 2 aromatic rings. The van der Waals surface area contributed by atoms with Crippen molar-refractivity contribution < 1.29 is 0 Å². The Bertz CT molecular complexity index is 528. The standard InChI is InChI=1S/C15H18ClN3/c1-19(9-6-12-4-7-18-8-5-12)15-3-2-14(16)10-13(15)11-17/h2-5,7-8,10H,6,9,11,17H2,1H3. The number of rotatable bonds is 5. The number of hydrogen-bond acceptors (Lipinski definition) is 3. The topological polar surface area (TPSA) is 42.2 Å². The maximum absolute atomic E-state index is 5.99. The van der Waals surface area contributed by atoms with E-state index in [9.17, 15) is 0 Å². The molecule has 0 atom stereocenters. The van der Waals surface area contributed by atoms with Crippen LogP contribution in [0.1, 0.15) is 11.1 Å². The highest BCUT2D eigenvalue weighted by Crippen LogP contribution is 2.23. The average molecular weight is 276 g/mol. The molecular formula is C15H18ClN3. The molecule has 19 heavy (non-hydrogen) atoms. The van der Waals surface area contributed by atoms with Crippen LogP contribution < -0.4 is 10.6 Å². The Morgan fingerprint density at radius 1 is 1.21 bits per heavy atom. The Labute approximate surface area is 119 Å². The summed E-state index contributed by atoms with van der Waals surface area (Å²) < 4.78 is 0. The van der Waals surface area contributed by atoms with Gasteiger partial charge >= 0.3 is 0 Å². The smallest absolute Gasteiger partial charge is 0.0410 e. The lowest BCUT2D eigenvalue weighted by molar-refractivity contribution is 0.864. The predicted octanol–water partition coefficient (Wildman–Crippen LogP) is 2.87. The Hall–Kier alpha value is -1.58. The molecular weight excluding hydrogens is 258 g/mol. The van der Waals surface area contributed by atoms with Crippen LogP contribution in [-0.4, -0.2) is 18.6 Å². The van der Waals surface area contributed by atoms with Crippen LogP contribution in [0, 0.1) is 0 Å². The Morgan fingerprint density at radius 3 is 2.63 bits per heavy atom. The first-order valence-electron chi connectivity index (χ1n) is 6.29. The highest BCUT2D eigenvalue weighted by molar-refractivity contribution is 6.30. The van der Waals surface area contributed by atoms with Crippen molar-refractivity contribution in [2.24, 2.45) is 5.73 Å². The number of anilines is 1. The Kier molecular flexibility index (Phi) is 4.77. The molecule has 4 heteroatoms. The minimum atomic E-state index is 0.496. The van der Waals surface area contributed by atoms with E-state index in [1.807, 2.05) is 42.7 Å². The van der Waals surface area contributed by atoms with E-state index in [0.717, 1.165) is 29.2 Å². The summed E-state index contributed by atoms with van der Waals surface area (Å²) in [5, 5.41) is 0.728. The normalized spacial score (nSPS) is 10.5. The molecule has 0 spiro atoms. The second-order valence-corrected chi connectivity index (χ2v) is 4.94. The van der Waals surface area contributed by atoms with E-state index in [1.54, 1.807) is 0 Å². The number of halogens is 1. The summed E-state index contributed by atoms with van der Waals surface area (Å²) >= 11 is 5.99. The zero-order chi connectivity index (χ0) is 13.7. The molecule has 0 amide bonds. The maximum atomic E-state index is 5.99. The number of benzene rings is 1. The minimum Gasteiger partial charge on any atom is -0.374 e. The van der Waals surface area contributed by atoms with Crippen LogP contribution in [0.5, 0.6) is 0 Å². The third-order valence-electron chi connectivity index (χ3n) is 3.16. The molecule has 0 bridgehead atoms. The Morgan fingerprint density at radius 2 is 1.95 bits per heavy atom. The Balaban J connectivity index is 2.05. The molecule has 1 heterocycles. The number of nitrogens with zero attached hydrogens (tertiary/aromatic N) is 2. The average Bonchev–Trinajstić information content (AvgIpc) is 2.45. The molecule has 2 rings (SSSR count). The van der Waals surface area contributed by atoms with Gasteiger partial charge in [-0.2, -0.15) is 0 Å². The maximum Gasteiger partial charge on any atom is 0.0410 e. The lowest BCUT2D eigenvalue weighted by atomic mass is 10.1. The second-order valence-electron chi connectivity index (χ2n) is 4.50. The zero-order valence-corrected chi connectivity index (χ0v) is 11.8. The summed E-state index contributed by atoms with van der Waals surface area (Å²) in [6.07, 6.45) is 4.62. The van der Waals surface area contributed by atoms with Gasteiger partial charge in [-0.1, -0.05) is 11.6 Å². The van der Waals surface area contributed by atoms with Gasteiger partial charge in [0, 0.05) is 43.2 Å². The van der Waals surface area contributed by atoms with Crippen LogP contribution >= 0.6 is 11.6 Å². The summed E-state index contributed by atoms with van der Waals surface area (Å²) in [5.74, 6) is 0. The number of hydrogen-bond donors (Lipinski definition) is 1. The van der Waals surface area contributed by atoms with E-state index in [0.29, 0.717) is 6.54 Å². The fourth-order valence-electron chi connectivity index (χ4n) is 2.06. The molecule has 1 aromatic heterocycles. The number of pyridine rings is 1. The van der Waals surface area contributed by atoms with Crippen molar-refractivity contribution in [1.29, 1.82) is 0 Å². The molecule has 0 aliphatic rings. The van der Waals surface area contributed by atoms with Crippen molar-refractivity contribution in [2.75, 3.05) is 18.5 Å². The van der Waals surface area contributed by atoms with Crippen LogP contribution in [-0.2, 0) is 13.0 Å². The van der Waals surface area contributed by atoms with Gasteiger partial charge < -0.3 is 10.6 Å². The largest absolute Gasteiger partial charge is 0.374 e. The number of aromatic nitrogens is 1. The van der Waals surface area contributed by atoms with Gasteiger partial charge in [-0.15, -0.1) is 0 Å². The lowest BCUT2D eigenvalue weighted by Gasteiger charge is -2.22. The van der Waals surface area contributed by atoms with Crippen LogP contribution in [0.3, 0.4) is 0 Å². The van der Waals surface area contributed by atoms with E-state index in [4.69, 9.17) is 17.3 Å². The van der Waals surface area contributed by atoms with E-state index in [-0.39, 0.29) is 0 Å². The van der Waals surface area contributed by atoms with Gasteiger partial charge in [-0.3, -0.25) is 4.98 Å². The van der Waals surface area contributed by atoms with Gasteiger partial charge in [0.2, 0.25) is 0 Å². The van der Waals surface area contributed by atoms with E-state index >= 15 is 0 Å². The van der Waals surface area contributed by atoms with Gasteiger partial charge in [-0.05, 0) is 47.9 Å². The molecule has 2 N–H and O–H groups in total. The third-order valence-corrected chi connectivity index (χ3v) is 3.39. The van der Waals surface area contributed by atoms with Crippen molar-refractivity contribution in [2.45, 2.75) is 13.0 Å². The lowest BCUT2D eigenvalue weighted by Crippen LogP contribution is -2.22. The van der Waals surface area contributed by atoms with E-state index in [2.05, 4.69) is 16.9 Å². The minimum absolute atomic E-state index is 0.496. The van der Waals surface area contributed by atoms with Crippen molar-refractivity contribution >= 4 is 17.3 Å². The summed E-state index contributed by atoms with van der Waals surface area (Å²) in [6.45, 7) is 1.42. The molecule has 0 saturated carbocycles. The van der Waals surface area contributed by atoms with Crippen LogP contribution in [0.2, 0.25) is 5.02 Å². The van der Waals surface area contributed by atoms with Crippen molar-refractivity contribution in [1.82, 2.24) is 4.98 Å². The molecule has 3 nitrogen and oxygen atoms in total. The fraction of sp³-hybridized carbons (Fsp3) is 0.267. The molecule has 0 unspecified atom stereocenters. The molecule has 0 aliphatic heterocycles. The SMILES string of the molecule is CN(CCc1ccncc1)c1ccc(Cl)cc1CN. The first-order valence-corrected chi connectivity index (χ1v) is 6.67. The molecule has 0 radical (unpaired) electrons. The first kappa shape index (κ1) is 13.8. The molecule has 1 aromatic carbocycles. The number of nitrogens with two attached hydrogens (primary N) is 1. The summed E-state index contributed by atoms with van der Waals surface area (Å²) in [5.41, 5.74) is 9.27. The molecule has 0 saturated heterocycles. The zero-order valence-electron chi connectivity index (χ0n) is 11.0. The van der Waals surface area contributed by atoms with Crippen LogP contribution in [0.25, 0.3) is 0 Å². The van der Waals surface area contributed by atoms with Crippen molar-refractivity contribution in [3.05, 3.63) is 58.9 Å². The molecule has 0 aliphatic carbocycles. The van der Waals surface area contributed by atoms with Crippen molar-refractivity contribution in [3.8, 4) is 0 Å². The van der Waals surface area contributed by atoms with Gasteiger partial charge in [0.05, 0.1) is 0 Å².